The number of anilines is 1. The van der Waals surface area contributed by atoms with Crippen molar-refractivity contribution in [1.82, 2.24) is 4.98 Å². The van der Waals surface area contributed by atoms with Gasteiger partial charge in [-0.25, -0.2) is 0 Å². The Morgan fingerprint density at radius 2 is 2.19 bits per heavy atom. The molecule has 0 radical (unpaired) electrons. The van der Waals surface area contributed by atoms with Gasteiger partial charge in [0.15, 0.2) is 0 Å². The van der Waals surface area contributed by atoms with Crippen LogP contribution >= 0.6 is 11.6 Å². The molecule has 0 saturated carbocycles. The summed E-state index contributed by atoms with van der Waals surface area (Å²) in [4.78, 5) is 15.7. The number of carbonyl (C=O) groups is 1. The molecule has 1 heterocycles. The second-order valence-corrected chi connectivity index (χ2v) is 3.74. The first-order chi connectivity index (χ1) is 7.81. The van der Waals surface area contributed by atoms with Crippen LogP contribution < -0.4 is 5.32 Å². The van der Waals surface area contributed by atoms with E-state index in [1.165, 1.54) is 0 Å². The first-order valence-corrected chi connectivity index (χ1v) is 5.54. The van der Waals surface area contributed by atoms with Gasteiger partial charge in [0, 0.05) is 23.9 Å². The molecule has 1 aromatic heterocycles. The third kappa shape index (κ3) is 2.31. The number of pyridine rings is 1. The van der Waals surface area contributed by atoms with Gasteiger partial charge in [-0.2, -0.15) is 0 Å². The first kappa shape index (κ1) is 10.9. The van der Waals surface area contributed by atoms with Gasteiger partial charge in [-0.1, -0.05) is 6.07 Å². The summed E-state index contributed by atoms with van der Waals surface area (Å²) >= 11 is 5.51. The van der Waals surface area contributed by atoms with Crippen LogP contribution in [0.2, 0.25) is 0 Å². The molecule has 16 heavy (non-hydrogen) atoms. The number of aromatic nitrogens is 1. The molecule has 0 unspecified atom stereocenters. The highest BCUT2D eigenvalue weighted by atomic mass is 35.5. The van der Waals surface area contributed by atoms with Crippen LogP contribution in [0.25, 0.3) is 10.9 Å². The number of hydrogen-bond acceptors (Lipinski definition) is 2. The van der Waals surface area contributed by atoms with E-state index < -0.39 is 0 Å². The molecule has 0 aliphatic heterocycles. The number of amides is 1. The van der Waals surface area contributed by atoms with Gasteiger partial charge in [0.05, 0.1) is 11.2 Å². The monoisotopic (exact) mass is 234 g/mol. The summed E-state index contributed by atoms with van der Waals surface area (Å²) in [5.41, 5.74) is 1.65. The number of nitrogens with one attached hydrogen (secondary N) is 1. The van der Waals surface area contributed by atoms with Crippen LogP contribution in [-0.4, -0.2) is 16.8 Å². The number of benzene rings is 1. The highest BCUT2D eigenvalue weighted by Crippen LogP contribution is 2.21. The fraction of sp³-hybridized carbons (Fsp3) is 0.167. The van der Waals surface area contributed by atoms with Crippen LogP contribution in [0, 0.1) is 0 Å². The quantitative estimate of drug-likeness (QED) is 0.830. The highest BCUT2D eigenvalue weighted by molar-refractivity contribution is 6.19. The van der Waals surface area contributed by atoms with Crippen LogP contribution in [0.1, 0.15) is 6.42 Å². The SMILES string of the molecule is O=C(CCCl)Nc1cccc2ncccc12. The summed E-state index contributed by atoms with van der Waals surface area (Å²) < 4.78 is 0. The normalized spacial score (nSPS) is 10.3. The van der Waals surface area contributed by atoms with Gasteiger partial charge in [0.1, 0.15) is 0 Å². The Labute approximate surface area is 98.4 Å². The number of fused-ring (bicyclic) bond motifs is 1. The zero-order valence-corrected chi connectivity index (χ0v) is 9.37. The van der Waals surface area contributed by atoms with Gasteiger partial charge in [0.2, 0.25) is 5.91 Å². The number of halogens is 1. The second-order valence-electron chi connectivity index (χ2n) is 3.36. The molecule has 0 atom stereocenters. The maximum Gasteiger partial charge on any atom is 0.225 e. The van der Waals surface area contributed by atoms with Crippen LogP contribution in [-0.2, 0) is 4.79 Å². The van der Waals surface area contributed by atoms with Crippen LogP contribution in [0.3, 0.4) is 0 Å². The van der Waals surface area contributed by atoms with E-state index in [0.29, 0.717) is 12.3 Å². The number of hydrogen-bond donors (Lipinski definition) is 1. The van der Waals surface area contributed by atoms with Gasteiger partial charge >= 0.3 is 0 Å². The predicted molar refractivity (Wildman–Crippen MR) is 65.7 cm³/mol. The Kier molecular flexibility index (Phi) is 3.37. The Balaban J connectivity index is 2.33. The van der Waals surface area contributed by atoms with Crippen molar-refractivity contribution in [2.75, 3.05) is 11.2 Å². The molecule has 1 aromatic carbocycles. The average molecular weight is 235 g/mol. The molecule has 0 bridgehead atoms. The van der Waals surface area contributed by atoms with Gasteiger partial charge in [-0.05, 0) is 24.3 Å². The summed E-state index contributed by atoms with van der Waals surface area (Å²) in [7, 11) is 0. The molecule has 0 aliphatic carbocycles. The van der Waals surface area contributed by atoms with Gasteiger partial charge in [-0.3, -0.25) is 9.78 Å². The van der Waals surface area contributed by atoms with Crippen molar-refractivity contribution in [1.29, 1.82) is 0 Å². The van der Waals surface area contributed by atoms with Crippen molar-refractivity contribution in [3.05, 3.63) is 36.5 Å². The molecule has 4 heteroatoms. The fourth-order valence-corrected chi connectivity index (χ4v) is 1.68. The molecule has 0 aliphatic rings. The fourth-order valence-electron chi connectivity index (χ4n) is 1.51. The van der Waals surface area contributed by atoms with Crippen molar-refractivity contribution < 1.29 is 4.79 Å². The minimum atomic E-state index is -0.0775. The molecule has 2 rings (SSSR count). The molecular weight excluding hydrogens is 224 g/mol. The van der Waals surface area contributed by atoms with Crippen molar-refractivity contribution in [3.8, 4) is 0 Å². The Morgan fingerprint density at radius 3 is 3.00 bits per heavy atom. The lowest BCUT2D eigenvalue weighted by atomic mass is 10.2. The van der Waals surface area contributed by atoms with Gasteiger partial charge in [0.25, 0.3) is 0 Å². The molecular formula is C12H11ClN2O. The Hall–Kier alpha value is -1.61. The standard InChI is InChI=1S/C12H11ClN2O/c13-7-6-12(16)15-11-5-1-4-10-9(11)3-2-8-14-10/h1-5,8H,6-7H2,(H,15,16). The zero-order valence-electron chi connectivity index (χ0n) is 8.61. The zero-order chi connectivity index (χ0) is 11.4. The van der Waals surface area contributed by atoms with E-state index in [4.69, 9.17) is 11.6 Å². The summed E-state index contributed by atoms with van der Waals surface area (Å²) in [6.07, 6.45) is 2.05. The lowest BCUT2D eigenvalue weighted by molar-refractivity contribution is -0.115. The number of rotatable bonds is 3. The van der Waals surface area contributed by atoms with E-state index in [2.05, 4.69) is 10.3 Å². The van der Waals surface area contributed by atoms with E-state index in [1.54, 1.807) is 6.20 Å². The summed E-state index contributed by atoms with van der Waals surface area (Å²) in [5, 5.41) is 3.76. The molecule has 0 saturated heterocycles. The number of carbonyl (C=O) groups excluding carboxylic acids is 1. The maximum atomic E-state index is 11.4. The van der Waals surface area contributed by atoms with Crippen molar-refractivity contribution >= 4 is 34.1 Å². The molecule has 82 valence electrons. The van der Waals surface area contributed by atoms with Gasteiger partial charge in [-0.15, -0.1) is 11.6 Å². The van der Waals surface area contributed by atoms with Crippen LogP contribution in [0.15, 0.2) is 36.5 Å². The molecule has 0 fully saturated rings. The largest absolute Gasteiger partial charge is 0.325 e. The topological polar surface area (TPSA) is 42.0 Å². The molecule has 0 spiro atoms. The predicted octanol–water partition coefficient (Wildman–Crippen LogP) is 2.80. The van der Waals surface area contributed by atoms with Crippen molar-refractivity contribution in [3.63, 3.8) is 0 Å². The van der Waals surface area contributed by atoms with E-state index in [1.807, 2.05) is 30.3 Å². The highest BCUT2D eigenvalue weighted by Gasteiger charge is 2.04. The third-order valence-electron chi connectivity index (χ3n) is 2.24. The van der Waals surface area contributed by atoms with Crippen molar-refractivity contribution in [2.45, 2.75) is 6.42 Å². The molecule has 3 nitrogen and oxygen atoms in total. The molecule has 1 amide bonds. The summed E-state index contributed by atoms with van der Waals surface area (Å²) in [6.45, 7) is 0. The second kappa shape index (κ2) is 4.94. The van der Waals surface area contributed by atoms with Crippen molar-refractivity contribution in [2.24, 2.45) is 0 Å². The van der Waals surface area contributed by atoms with Crippen LogP contribution in [0.4, 0.5) is 5.69 Å². The minimum absolute atomic E-state index is 0.0775. The number of alkyl halides is 1. The maximum absolute atomic E-state index is 11.4. The first-order valence-electron chi connectivity index (χ1n) is 5.01. The number of nitrogens with zero attached hydrogens (tertiary/aromatic N) is 1. The third-order valence-corrected chi connectivity index (χ3v) is 2.43. The van der Waals surface area contributed by atoms with E-state index in [0.717, 1.165) is 16.6 Å². The smallest absolute Gasteiger partial charge is 0.225 e. The Morgan fingerprint density at radius 1 is 1.31 bits per heavy atom. The van der Waals surface area contributed by atoms with E-state index in [-0.39, 0.29) is 5.91 Å². The summed E-state index contributed by atoms with van der Waals surface area (Å²) in [6, 6.07) is 9.41. The lowest BCUT2D eigenvalue weighted by Crippen LogP contribution is -2.11. The minimum Gasteiger partial charge on any atom is -0.325 e. The summed E-state index contributed by atoms with van der Waals surface area (Å²) in [5.74, 6) is 0.251. The average Bonchev–Trinajstić information content (AvgIpc) is 2.30. The molecule has 1 N–H and O–H groups in total. The lowest BCUT2D eigenvalue weighted by Gasteiger charge is -2.07. The van der Waals surface area contributed by atoms with Gasteiger partial charge < -0.3 is 5.32 Å². The van der Waals surface area contributed by atoms with E-state index in [9.17, 15) is 4.79 Å². The Bertz CT molecular complexity index is 508. The molecule has 2 aromatic rings. The van der Waals surface area contributed by atoms with E-state index >= 15 is 0 Å². The van der Waals surface area contributed by atoms with Crippen LogP contribution in [0.5, 0.6) is 0 Å².